The Morgan fingerprint density at radius 3 is 2.40 bits per heavy atom. The number of aliphatic hydroxyl groups excluding tert-OH is 1. The molecular weight excluding hydrogens is 196 g/mol. The first-order chi connectivity index (χ1) is 6.95. The molecule has 0 saturated heterocycles. The first-order valence-electron chi connectivity index (χ1n) is 5.36. The van der Waals surface area contributed by atoms with Crippen LogP contribution in [-0.4, -0.2) is 36.5 Å². The van der Waals surface area contributed by atoms with Gasteiger partial charge in [-0.2, -0.15) is 0 Å². The van der Waals surface area contributed by atoms with Gasteiger partial charge in [-0.1, -0.05) is 0 Å². The molecule has 0 aromatic rings. The molecule has 0 aromatic carbocycles. The fourth-order valence-electron chi connectivity index (χ4n) is 1.03. The zero-order valence-electron chi connectivity index (χ0n) is 9.91. The summed E-state index contributed by atoms with van der Waals surface area (Å²) in [5.74, 6) is -0.162. The van der Waals surface area contributed by atoms with Crippen molar-refractivity contribution in [2.45, 2.75) is 45.6 Å². The maximum absolute atomic E-state index is 11.2. The summed E-state index contributed by atoms with van der Waals surface area (Å²) in [5.41, 5.74) is -0.398. The van der Waals surface area contributed by atoms with Gasteiger partial charge in [0.1, 0.15) is 5.60 Å². The smallest absolute Gasteiger partial charge is 0.306 e. The highest BCUT2D eigenvalue weighted by molar-refractivity contribution is 5.69. The quantitative estimate of drug-likeness (QED) is 0.520. The molecule has 0 spiro atoms. The summed E-state index contributed by atoms with van der Waals surface area (Å²) in [7, 11) is 0. The van der Waals surface area contributed by atoms with Gasteiger partial charge < -0.3 is 14.6 Å². The second-order valence-corrected chi connectivity index (χ2v) is 4.38. The Kier molecular flexibility index (Phi) is 7.34. The van der Waals surface area contributed by atoms with E-state index in [0.717, 1.165) is 12.8 Å². The van der Waals surface area contributed by atoms with Gasteiger partial charge in [-0.15, -0.1) is 0 Å². The Labute approximate surface area is 91.6 Å². The first-order valence-corrected chi connectivity index (χ1v) is 5.36. The molecule has 0 radical (unpaired) electrons. The molecule has 0 aliphatic rings. The van der Waals surface area contributed by atoms with Crippen molar-refractivity contribution >= 4 is 5.97 Å². The van der Waals surface area contributed by atoms with Gasteiger partial charge in [-0.3, -0.25) is 4.79 Å². The number of hydrogen-bond donors (Lipinski definition) is 1. The number of hydrogen-bond acceptors (Lipinski definition) is 4. The summed E-state index contributed by atoms with van der Waals surface area (Å²) in [4.78, 5) is 11.2. The lowest BCUT2D eigenvalue weighted by molar-refractivity contribution is -0.154. The van der Waals surface area contributed by atoms with Crippen LogP contribution in [0.25, 0.3) is 0 Å². The lowest BCUT2D eigenvalue weighted by atomic mass is 10.2. The Morgan fingerprint density at radius 2 is 1.87 bits per heavy atom. The van der Waals surface area contributed by atoms with Crippen molar-refractivity contribution in [2.24, 2.45) is 0 Å². The monoisotopic (exact) mass is 218 g/mol. The van der Waals surface area contributed by atoms with Crippen LogP contribution >= 0.6 is 0 Å². The third-order valence-corrected chi connectivity index (χ3v) is 1.58. The van der Waals surface area contributed by atoms with Crippen LogP contribution in [0.5, 0.6) is 0 Å². The standard InChI is InChI=1S/C11H22O4/c1-11(2,3)15-10(13)6-4-5-8-14-9-7-12/h12H,4-9H2,1-3H3. The van der Waals surface area contributed by atoms with Gasteiger partial charge in [0.15, 0.2) is 0 Å². The van der Waals surface area contributed by atoms with E-state index in [-0.39, 0.29) is 12.6 Å². The van der Waals surface area contributed by atoms with Gasteiger partial charge in [-0.05, 0) is 33.6 Å². The molecule has 0 atom stereocenters. The van der Waals surface area contributed by atoms with Gasteiger partial charge in [0.25, 0.3) is 0 Å². The van der Waals surface area contributed by atoms with Crippen molar-refractivity contribution in [3.05, 3.63) is 0 Å². The molecule has 0 saturated carbocycles. The minimum Gasteiger partial charge on any atom is -0.460 e. The van der Waals surface area contributed by atoms with Crippen molar-refractivity contribution in [1.82, 2.24) is 0 Å². The molecular formula is C11H22O4. The van der Waals surface area contributed by atoms with Crippen LogP contribution in [0, 0.1) is 0 Å². The Hall–Kier alpha value is -0.610. The summed E-state index contributed by atoms with van der Waals surface area (Å²) >= 11 is 0. The number of aliphatic hydroxyl groups is 1. The SMILES string of the molecule is CC(C)(C)OC(=O)CCCCOCCO. The van der Waals surface area contributed by atoms with Gasteiger partial charge in [0.05, 0.1) is 13.2 Å². The topological polar surface area (TPSA) is 55.8 Å². The van der Waals surface area contributed by atoms with E-state index < -0.39 is 5.60 Å². The molecule has 0 bridgehead atoms. The van der Waals surface area contributed by atoms with Crippen molar-refractivity contribution in [2.75, 3.05) is 19.8 Å². The second kappa shape index (κ2) is 7.65. The predicted molar refractivity (Wildman–Crippen MR) is 57.6 cm³/mol. The molecule has 90 valence electrons. The van der Waals surface area contributed by atoms with Crippen LogP contribution in [0.15, 0.2) is 0 Å². The van der Waals surface area contributed by atoms with E-state index in [1.54, 1.807) is 0 Å². The normalized spacial score (nSPS) is 11.5. The van der Waals surface area contributed by atoms with E-state index in [4.69, 9.17) is 14.6 Å². The molecule has 4 nitrogen and oxygen atoms in total. The van der Waals surface area contributed by atoms with Crippen molar-refractivity contribution in [1.29, 1.82) is 0 Å². The predicted octanol–water partition coefficient (Wildman–Crippen LogP) is 1.51. The Morgan fingerprint density at radius 1 is 1.20 bits per heavy atom. The van der Waals surface area contributed by atoms with Crippen molar-refractivity contribution < 1.29 is 19.4 Å². The highest BCUT2D eigenvalue weighted by Crippen LogP contribution is 2.09. The highest BCUT2D eigenvalue weighted by atomic mass is 16.6. The Bertz CT molecular complexity index is 172. The number of carbonyl (C=O) groups is 1. The first kappa shape index (κ1) is 14.4. The van der Waals surface area contributed by atoms with E-state index in [1.807, 2.05) is 20.8 Å². The molecule has 1 N–H and O–H groups in total. The molecule has 0 fully saturated rings. The van der Waals surface area contributed by atoms with Gasteiger partial charge in [0.2, 0.25) is 0 Å². The number of carbonyl (C=O) groups excluding carboxylic acids is 1. The van der Waals surface area contributed by atoms with Crippen molar-refractivity contribution in [3.63, 3.8) is 0 Å². The third-order valence-electron chi connectivity index (χ3n) is 1.58. The summed E-state index contributed by atoms with van der Waals surface area (Å²) in [5, 5.41) is 8.44. The zero-order valence-corrected chi connectivity index (χ0v) is 9.91. The van der Waals surface area contributed by atoms with E-state index in [9.17, 15) is 4.79 Å². The van der Waals surface area contributed by atoms with Crippen LogP contribution in [0.3, 0.4) is 0 Å². The molecule has 0 aromatic heterocycles. The zero-order chi connectivity index (χ0) is 11.7. The van der Waals surface area contributed by atoms with Crippen LogP contribution < -0.4 is 0 Å². The van der Waals surface area contributed by atoms with E-state index in [2.05, 4.69) is 0 Å². The van der Waals surface area contributed by atoms with Gasteiger partial charge in [-0.25, -0.2) is 0 Å². The number of esters is 1. The molecule has 0 unspecified atom stereocenters. The summed E-state index contributed by atoms with van der Waals surface area (Å²) in [6, 6.07) is 0. The lowest BCUT2D eigenvalue weighted by Crippen LogP contribution is -2.23. The fraction of sp³-hybridized carbons (Fsp3) is 0.909. The summed E-state index contributed by atoms with van der Waals surface area (Å²) in [6.45, 7) is 6.57. The molecule has 15 heavy (non-hydrogen) atoms. The number of rotatable bonds is 7. The lowest BCUT2D eigenvalue weighted by Gasteiger charge is -2.19. The van der Waals surface area contributed by atoms with Crippen molar-refractivity contribution in [3.8, 4) is 0 Å². The van der Waals surface area contributed by atoms with Crippen LogP contribution in [-0.2, 0) is 14.3 Å². The fourth-order valence-corrected chi connectivity index (χ4v) is 1.03. The largest absolute Gasteiger partial charge is 0.460 e. The maximum Gasteiger partial charge on any atom is 0.306 e. The minimum absolute atomic E-state index is 0.0477. The van der Waals surface area contributed by atoms with E-state index in [0.29, 0.717) is 19.6 Å². The average Bonchev–Trinajstić information content (AvgIpc) is 2.08. The molecule has 0 aliphatic heterocycles. The molecule has 4 heteroatoms. The van der Waals surface area contributed by atoms with E-state index in [1.165, 1.54) is 0 Å². The van der Waals surface area contributed by atoms with Crippen LogP contribution in [0.1, 0.15) is 40.0 Å². The average molecular weight is 218 g/mol. The summed E-state index contributed by atoms with van der Waals surface area (Å²) < 4.78 is 10.2. The van der Waals surface area contributed by atoms with Crippen LogP contribution in [0.2, 0.25) is 0 Å². The summed E-state index contributed by atoms with van der Waals surface area (Å²) in [6.07, 6.45) is 2.01. The molecule has 0 rings (SSSR count). The van der Waals surface area contributed by atoms with Gasteiger partial charge in [0, 0.05) is 13.0 Å². The molecule has 0 aliphatic carbocycles. The third kappa shape index (κ3) is 11.3. The van der Waals surface area contributed by atoms with E-state index >= 15 is 0 Å². The Balaban J connectivity index is 3.32. The second-order valence-electron chi connectivity index (χ2n) is 4.38. The maximum atomic E-state index is 11.2. The molecule has 0 heterocycles. The highest BCUT2D eigenvalue weighted by Gasteiger charge is 2.15. The number of unbranched alkanes of at least 4 members (excludes halogenated alkanes) is 1. The number of ether oxygens (including phenoxy) is 2. The minimum atomic E-state index is -0.398. The van der Waals surface area contributed by atoms with Gasteiger partial charge >= 0.3 is 5.97 Å². The molecule has 0 amide bonds. The van der Waals surface area contributed by atoms with Crippen LogP contribution in [0.4, 0.5) is 0 Å².